The van der Waals surface area contributed by atoms with Gasteiger partial charge in [0.05, 0.1) is 17.1 Å². The summed E-state index contributed by atoms with van der Waals surface area (Å²) in [5, 5.41) is 7.42. The van der Waals surface area contributed by atoms with Gasteiger partial charge >= 0.3 is 0 Å². The Bertz CT molecular complexity index is 1270. The molecule has 1 heterocycles. The molecule has 10 heteroatoms. The highest BCUT2D eigenvalue weighted by Crippen LogP contribution is 2.25. The number of nitrogens with one attached hydrogen (secondary N) is 1. The fourth-order valence-corrected chi connectivity index (χ4v) is 3.84. The van der Waals surface area contributed by atoms with E-state index in [1.165, 1.54) is 21.7 Å². The molecule has 0 aliphatic rings. The molecule has 3 amide bonds. The predicted octanol–water partition coefficient (Wildman–Crippen LogP) is 3.51. The van der Waals surface area contributed by atoms with Crippen LogP contribution < -0.4 is 11.1 Å². The molecular formula is C25H29ClFN5O3. The molecule has 0 spiro atoms. The van der Waals surface area contributed by atoms with Crippen LogP contribution in [0.15, 0.2) is 42.5 Å². The summed E-state index contributed by atoms with van der Waals surface area (Å²) < 4.78 is 15.6. The summed E-state index contributed by atoms with van der Waals surface area (Å²) in [6.45, 7) is 7.26. The molecule has 35 heavy (non-hydrogen) atoms. The van der Waals surface area contributed by atoms with Crippen molar-refractivity contribution in [1.82, 2.24) is 20.0 Å². The number of para-hydroxylation sites is 1. The van der Waals surface area contributed by atoms with E-state index in [0.717, 1.165) is 0 Å². The topological polar surface area (TPSA) is 110 Å². The van der Waals surface area contributed by atoms with E-state index >= 15 is 0 Å². The minimum absolute atomic E-state index is 0.0308. The van der Waals surface area contributed by atoms with Gasteiger partial charge in [0.25, 0.3) is 5.91 Å². The first-order valence-corrected chi connectivity index (χ1v) is 11.5. The van der Waals surface area contributed by atoms with E-state index in [1.807, 2.05) is 27.7 Å². The van der Waals surface area contributed by atoms with Crippen molar-refractivity contribution in [2.45, 2.75) is 46.8 Å². The van der Waals surface area contributed by atoms with Gasteiger partial charge in [0.2, 0.25) is 11.8 Å². The highest BCUT2D eigenvalue weighted by Gasteiger charge is 2.32. The Morgan fingerprint density at radius 2 is 1.86 bits per heavy atom. The molecule has 0 bridgehead atoms. The number of carbonyl (C=O) groups is 3. The number of primary amides is 1. The van der Waals surface area contributed by atoms with Gasteiger partial charge in [0, 0.05) is 23.5 Å². The molecule has 3 N–H and O–H groups in total. The Kier molecular flexibility index (Phi) is 7.80. The molecule has 0 saturated heterocycles. The summed E-state index contributed by atoms with van der Waals surface area (Å²) >= 11 is 5.81. The van der Waals surface area contributed by atoms with Crippen molar-refractivity contribution in [2.24, 2.45) is 11.1 Å². The molecule has 2 aromatic carbocycles. The number of hydrogen-bond acceptors (Lipinski definition) is 4. The number of amides is 3. The fraction of sp³-hybridized carbons (Fsp3) is 0.360. The van der Waals surface area contributed by atoms with Crippen LogP contribution in [0.25, 0.3) is 10.9 Å². The van der Waals surface area contributed by atoms with E-state index in [-0.39, 0.29) is 53.3 Å². The van der Waals surface area contributed by atoms with Gasteiger partial charge < -0.3 is 16.0 Å². The third kappa shape index (κ3) is 5.97. The number of carbonyl (C=O) groups excluding carboxylic acids is 3. The van der Waals surface area contributed by atoms with Crippen molar-refractivity contribution < 1.29 is 18.8 Å². The van der Waals surface area contributed by atoms with Gasteiger partial charge in [-0.1, -0.05) is 62.7 Å². The molecular weight excluding hydrogens is 473 g/mol. The van der Waals surface area contributed by atoms with Gasteiger partial charge in [-0.3, -0.25) is 19.1 Å². The van der Waals surface area contributed by atoms with E-state index in [0.29, 0.717) is 10.9 Å². The minimum atomic E-state index is -0.694. The Morgan fingerprint density at radius 1 is 1.17 bits per heavy atom. The molecule has 8 nitrogen and oxygen atoms in total. The molecule has 0 fully saturated rings. The molecule has 1 unspecified atom stereocenters. The molecule has 3 rings (SSSR count). The number of nitrogens with two attached hydrogens (primary N) is 1. The van der Waals surface area contributed by atoms with Gasteiger partial charge in [0.15, 0.2) is 5.69 Å². The van der Waals surface area contributed by atoms with Gasteiger partial charge in [-0.15, -0.1) is 0 Å². The van der Waals surface area contributed by atoms with Crippen LogP contribution in [0.4, 0.5) is 4.39 Å². The summed E-state index contributed by atoms with van der Waals surface area (Å²) in [6, 6.07) is 11.2. The lowest BCUT2D eigenvalue weighted by Gasteiger charge is -2.37. The predicted molar refractivity (Wildman–Crippen MR) is 132 cm³/mol. The van der Waals surface area contributed by atoms with E-state index in [4.69, 9.17) is 17.3 Å². The summed E-state index contributed by atoms with van der Waals surface area (Å²) in [6.07, 6.45) is 0. The quantitative estimate of drug-likeness (QED) is 0.492. The standard InChI is InChI=1S/C25H29ClFN5O3/c1-15(25(2,3)4)31(13-20(33)29-12-16-8-7-10-18(26)22(16)27)21(34)14-32-19-11-6-5-9-17(19)23(30-32)24(28)35/h5-11,15H,12-14H2,1-4H3,(H2,28,35)(H,29,33). The van der Waals surface area contributed by atoms with Crippen molar-refractivity contribution in [2.75, 3.05) is 6.54 Å². The average Bonchev–Trinajstić information content (AvgIpc) is 3.16. The highest BCUT2D eigenvalue weighted by molar-refractivity contribution is 6.30. The number of halogens is 2. The maximum absolute atomic E-state index is 14.2. The van der Waals surface area contributed by atoms with E-state index < -0.39 is 17.6 Å². The van der Waals surface area contributed by atoms with Crippen LogP contribution in [0.2, 0.25) is 5.02 Å². The molecule has 3 aromatic rings. The number of nitrogens with zero attached hydrogens (tertiary/aromatic N) is 3. The normalized spacial score (nSPS) is 12.4. The number of benzene rings is 2. The van der Waals surface area contributed by atoms with Crippen LogP contribution in [0.5, 0.6) is 0 Å². The largest absolute Gasteiger partial charge is 0.364 e. The summed E-state index contributed by atoms with van der Waals surface area (Å²) in [5.41, 5.74) is 6.03. The number of rotatable bonds is 8. The van der Waals surface area contributed by atoms with Crippen molar-refractivity contribution in [1.29, 1.82) is 0 Å². The van der Waals surface area contributed by atoms with Crippen LogP contribution in [0.3, 0.4) is 0 Å². The maximum Gasteiger partial charge on any atom is 0.269 e. The van der Waals surface area contributed by atoms with Crippen LogP contribution in [0, 0.1) is 11.2 Å². The van der Waals surface area contributed by atoms with E-state index in [2.05, 4.69) is 10.4 Å². The first-order chi connectivity index (χ1) is 16.4. The third-order valence-electron chi connectivity index (χ3n) is 6.04. The first-order valence-electron chi connectivity index (χ1n) is 11.1. The fourth-order valence-electron chi connectivity index (χ4n) is 3.65. The monoisotopic (exact) mass is 501 g/mol. The molecule has 1 atom stereocenters. The smallest absolute Gasteiger partial charge is 0.269 e. The maximum atomic E-state index is 14.2. The second-order valence-corrected chi connectivity index (χ2v) is 9.85. The lowest BCUT2D eigenvalue weighted by atomic mass is 9.86. The van der Waals surface area contributed by atoms with Crippen LogP contribution >= 0.6 is 11.6 Å². The summed E-state index contributed by atoms with van der Waals surface area (Å²) in [5.74, 6) is -2.10. The SMILES string of the molecule is CC(N(CC(=O)NCc1cccc(Cl)c1F)C(=O)Cn1nc(C(N)=O)c2ccccc21)C(C)(C)C. The lowest BCUT2D eigenvalue weighted by Crippen LogP contribution is -2.51. The molecule has 0 aliphatic heterocycles. The molecule has 0 radical (unpaired) electrons. The number of fused-ring (bicyclic) bond motifs is 1. The zero-order valence-corrected chi connectivity index (χ0v) is 20.9. The van der Waals surface area contributed by atoms with Gasteiger partial charge in [0.1, 0.15) is 12.4 Å². The Hall–Kier alpha value is -3.46. The van der Waals surface area contributed by atoms with Gasteiger partial charge in [-0.05, 0) is 24.5 Å². The zero-order valence-electron chi connectivity index (χ0n) is 20.1. The third-order valence-corrected chi connectivity index (χ3v) is 6.33. The molecule has 186 valence electrons. The lowest BCUT2D eigenvalue weighted by molar-refractivity contribution is -0.140. The minimum Gasteiger partial charge on any atom is -0.364 e. The van der Waals surface area contributed by atoms with Crippen molar-refractivity contribution in [3.05, 3.63) is 64.6 Å². The molecule has 0 aliphatic carbocycles. The van der Waals surface area contributed by atoms with Crippen molar-refractivity contribution >= 4 is 40.2 Å². The zero-order chi connectivity index (χ0) is 25.9. The number of aromatic nitrogens is 2. The first kappa shape index (κ1) is 26.2. The summed E-state index contributed by atoms with van der Waals surface area (Å²) in [4.78, 5) is 39.5. The van der Waals surface area contributed by atoms with Gasteiger partial charge in [-0.25, -0.2) is 4.39 Å². The average molecular weight is 502 g/mol. The molecule has 0 saturated carbocycles. The Morgan fingerprint density at radius 3 is 2.51 bits per heavy atom. The van der Waals surface area contributed by atoms with Crippen LogP contribution in [-0.4, -0.2) is 45.0 Å². The number of hydrogen-bond donors (Lipinski definition) is 2. The molecule has 1 aromatic heterocycles. The second kappa shape index (κ2) is 10.4. The second-order valence-electron chi connectivity index (χ2n) is 9.44. The summed E-state index contributed by atoms with van der Waals surface area (Å²) in [7, 11) is 0. The van der Waals surface area contributed by atoms with E-state index in [1.54, 1.807) is 30.3 Å². The van der Waals surface area contributed by atoms with Crippen LogP contribution in [-0.2, 0) is 22.7 Å². The van der Waals surface area contributed by atoms with Crippen LogP contribution in [0.1, 0.15) is 43.7 Å². The highest BCUT2D eigenvalue weighted by atomic mass is 35.5. The van der Waals surface area contributed by atoms with Crippen molar-refractivity contribution in [3.63, 3.8) is 0 Å². The van der Waals surface area contributed by atoms with Gasteiger partial charge in [-0.2, -0.15) is 5.10 Å². The Balaban J connectivity index is 1.81. The Labute approximate surface area is 208 Å². The van der Waals surface area contributed by atoms with E-state index in [9.17, 15) is 18.8 Å². The van der Waals surface area contributed by atoms with Crippen molar-refractivity contribution in [3.8, 4) is 0 Å².